The molecule has 0 amide bonds. The number of nitrogens with zero attached hydrogens (tertiary/aromatic N) is 1. The van der Waals surface area contributed by atoms with Crippen LogP contribution in [0.2, 0.25) is 10.0 Å². The molecule has 3 rings (SSSR count). The molecule has 0 aliphatic carbocycles. The summed E-state index contributed by atoms with van der Waals surface area (Å²) in [6.07, 6.45) is 1.78. The van der Waals surface area contributed by atoms with E-state index in [2.05, 4.69) is 20.9 Å². The van der Waals surface area contributed by atoms with Gasteiger partial charge in [-0.3, -0.25) is 4.99 Å². The standard InChI is InChI=1S/C21H16BrCl2NO/c1-14-6-8-18(23)11-20(14)25-12-16-10-17(22)7-9-21(16)26-13-15-4-2-3-5-19(15)24/h2-12H,13H2,1H3. The molecule has 0 aliphatic rings. The number of ether oxygens (including phenoxy) is 1. The van der Waals surface area contributed by atoms with Gasteiger partial charge < -0.3 is 4.74 Å². The number of halogens is 3. The van der Waals surface area contributed by atoms with Crippen molar-refractivity contribution in [2.75, 3.05) is 0 Å². The second-order valence-electron chi connectivity index (χ2n) is 5.75. The minimum Gasteiger partial charge on any atom is -0.488 e. The van der Waals surface area contributed by atoms with Crippen molar-refractivity contribution in [3.05, 3.63) is 91.9 Å². The molecular formula is C21H16BrCl2NO. The largest absolute Gasteiger partial charge is 0.488 e. The molecule has 132 valence electrons. The van der Waals surface area contributed by atoms with Gasteiger partial charge in [-0.15, -0.1) is 0 Å². The van der Waals surface area contributed by atoms with Crippen molar-refractivity contribution < 1.29 is 4.74 Å². The first-order valence-corrected chi connectivity index (χ1v) is 9.54. The Balaban J connectivity index is 1.85. The highest BCUT2D eigenvalue weighted by Crippen LogP contribution is 2.27. The lowest BCUT2D eigenvalue weighted by molar-refractivity contribution is 0.306. The van der Waals surface area contributed by atoms with Crippen molar-refractivity contribution in [3.8, 4) is 5.75 Å². The van der Waals surface area contributed by atoms with Crippen molar-refractivity contribution in [2.24, 2.45) is 4.99 Å². The third-order valence-corrected chi connectivity index (χ3v) is 4.92. The summed E-state index contributed by atoms with van der Waals surface area (Å²) >= 11 is 15.8. The van der Waals surface area contributed by atoms with Crippen LogP contribution in [0.25, 0.3) is 0 Å². The zero-order valence-corrected chi connectivity index (χ0v) is 17.1. The third-order valence-electron chi connectivity index (χ3n) is 3.83. The maximum absolute atomic E-state index is 6.20. The highest BCUT2D eigenvalue weighted by Gasteiger charge is 2.06. The molecule has 0 N–H and O–H groups in total. The Morgan fingerprint density at radius 3 is 2.65 bits per heavy atom. The molecule has 0 atom stereocenters. The van der Waals surface area contributed by atoms with E-state index >= 15 is 0 Å². The van der Waals surface area contributed by atoms with E-state index in [4.69, 9.17) is 27.9 Å². The van der Waals surface area contributed by atoms with Crippen molar-refractivity contribution in [3.63, 3.8) is 0 Å². The lowest BCUT2D eigenvalue weighted by atomic mass is 10.2. The zero-order chi connectivity index (χ0) is 18.5. The van der Waals surface area contributed by atoms with Crippen LogP contribution in [0.15, 0.2) is 70.1 Å². The second-order valence-corrected chi connectivity index (χ2v) is 7.51. The van der Waals surface area contributed by atoms with Gasteiger partial charge in [0, 0.05) is 31.9 Å². The van der Waals surface area contributed by atoms with Crippen LogP contribution in [-0.2, 0) is 6.61 Å². The summed E-state index contributed by atoms with van der Waals surface area (Å²) < 4.78 is 6.93. The molecule has 0 radical (unpaired) electrons. The summed E-state index contributed by atoms with van der Waals surface area (Å²) in [5.41, 5.74) is 3.69. The lowest BCUT2D eigenvalue weighted by Gasteiger charge is -2.11. The summed E-state index contributed by atoms with van der Waals surface area (Å²) in [5, 5.41) is 1.35. The topological polar surface area (TPSA) is 21.6 Å². The average Bonchev–Trinajstić information content (AvgIpc) is 2.63. The lowest BCUT2D eigenvalue weighted by Crippen LogP contribution is -1.99. The molecule has 0 fully saturated rings. The van der Waals surface area contributed by atoms with E-state index in [-0.39, 0.29) is 0 Å². The predicted octanol–water partition coefficient (Wildman–Crippen LogP) is 7.39. The van der Waals surface area contributed by atoms with Crippen LogP contribution < -0.4 is 4.74 Å². The first-order valence-electron chi connectivity index (χ1n) is 7.99. The van der Waals surface area contributed by atoms with Crippen LogP contribution in [-0.4, -0.2) is 6.21 Å². The first-order chi connectivity index (χ1) is 12.5. The number of aryl methyl sites for hydroxylation is 1. The number of benzene rings is 3. The van der Waals surface area contributed by atoms with Gasteiger partial charge in [0.2, 0.25) is 0 Å². The number of hydrogen-bond donors (Lipinski definition) is 0. The molecule has 0 saturated carbocycles. The zero-order valence-electron chi connectivity index (χ0n) is 14.0. The summed E-state index contributed by atoms with van der Waals surface area (Å²) in [7, 11) is 0. The molecule has 0 heterocycles. The minimum absolute atomic E-state index is 0.387. The maximum Gasteiger partial charge on any atom is 0.128 e. The molecule has 2 nitrogen and oxygen atoms in total. The fourth-order valence-corrected chi connectivity index (χ4v) is 3.12. The summed E-state index contributed by atoms with van der Waals surface area (Å²) in [6.45, 7) is 2.39. The van der Waals surface area contributed by atoms with Gasteiger partial charge in [-0.1, -0.05) is 63.4 Å². The molecule has 0 bridgehead atoms. The van der Waals surface area contributed by atoms with Gasteiger partial charge in [-0.2, -0.15) is 0 Å². The van der Waals surface area contributed by atoms with E-state index in [1.54, 1.807) is 6.21 Å². The number of aliphatic imine (C=N–C) groups is 1. The first kappa shape index (κ1) is 19.0. The highest BCUT2D eigenvalue weighted by molar-refractivity contribution is 9.10. The molecule has 3 aromatic carbocycles. The quantitative estimate of drug-likeness (QED) is 0.372. The molecule has 0 saturated heterocycles. The maximum atomic E-state index is 6.20. The van der Waals surface area contributed by atoms with Gasteiger partial charge in [0.25, 0.3) is 0 Å². The Hall–Kier alpha value is -1.81. The Labute approximate surface area is 171 Å². The highest BCUT2D eigenvalue weighted by atomic mass is 79.9. The Bertz CT molecular complexity index is 956. The number of hydrogen-bond acceptors (Lipinski definition) is 2. The number of rotatable bonds is 5. The Morgan fingerprint density at radius 2 is 1.85 bits per heavy atom. The predicted molar refractivity (Wildman–Crippen MR) is 113 cm³/mol. The van der Waals surface area contributed by atoms with Crippen LogP contribution in [0.3, 0.4) is 0 Å². The van der Waals surface area contributed by atoms with Gasteiger partial charge in [0.15, 0.2) is 0 Å². The van der Waals surface area contributed by atoms with Gasteiger partial charge in [0.05, 0.1) is 5.69 Å². The van der Waals surface area contributed by atoms with Crippen LogP contribution in [0.1, 0.15) is 16.7 Å². The fourth-order valence-electron chi connectivity index (χ4n) is 2.38. The molecule has 0 unspecified atom stereocenters. The van der Waals surface area contributed by atoms with E-state index in [0.717, 1.165) is 32.6 Å². The van der Waals surface area contributed by atoms with Gasteiger partial charge in [0.1, 0.15) is 12.4 Å². The van der Waals surface area contributed by atoms with Crippen LogP contribution >= 0.6 is 39.1 Å². The summed E-state index contributed by atoms with van der Waals surface area (Å²) in [6, 6.07) is 19.1. The van der Waals surface area contributed by atoms with Gasteiger partial charge >= 0.3 is 0 Å². The average molecular weight is 449 g/mol. The Kier molecular flexibility index (Phi) is 6.36. The van der Waals surface area contributed by atoms with E-state index in [9.17, 15) is 0 Å². The molecule has 0 spiro atoms. The van der Waals surface area contributed by atoms with Crippen LogP contribution in [0.5, 0.6) is 5.75 Å². The summed E-state index contributed by atoms with van der Waals surface area (Å²) in [4.78, 5) is 4.57. The molecular weight excluding hydrogens is 433 g/mol. The van der Waals surface area contributed by atoms with Gasteiger partial charge in [-0.25, -0.2) is 0 Å². The van der Waals surface area contributed by atoms with Crippen LogP contribution in [0, 0.1) is 6.92 Å². The van der Waals surface area contributed by atoms with Crippen molar-refractivity contribution >= 4 is 51.0 Å². The van der Waals surface area contributed by atoms with E-state index in [1.165, 1.54) is 0 Å². The van der Waals surface area contributed by atoms with Gasteiger partial charge in [-0.05, 0) is 48.9 Å². The summed E-state index contributed by atoms with van der Waals surface area (Å²) in [5.74, 6) is 0.733. The van der Waals surface area contributed by atoms with Crippen molar-refractivity contribution in [1.29, 1.82) is 0 Å². The normalized spacial score (nSPS) is 11.1. The molecule has 3 aromatic rings. The van der Waals surface area contributed by atoms with E-state index < -0.39 is 0 Å². The second kappa shape index (κ2) is 8.72. The minimum atomic E-state index is 0.387. The van der Waals surface area contributed by atoms with Crippen LogP contribution in [0.4, 0.5) is 5.69 Å². The Morgan fingerprint density at radius 1 is 1.04 bits per heavy atom. The molecule has 0 aromatic heterocycles. The smallest absolute Gasteiger partial charge is 0.128 e. The monoisotopic (exact) mass is 447 g/mol. The SMILES string of the molecule is Cc1ccc(Cl)cc1N=Cc1cc(Br)ccc1OCc1ccccc1Cl. The van der Waals surface area contributed by atoms with E-state index in [0.29, 0.717) is 16.7 Å². The molecule has 5 heteroatoms. The molecule has 0 aliphatic heterocycles. The third kappa shape index (κ3) is 4.88. The van der Waals surface area contributed by atoms with E-state index in [1.807, 2.05) is 67.6 Å². The fraction of sp³-hybridized carbons (Fsp3) is 0.0952. The van der Waals surface area contributed by atoms with Crippen molar-refractivity contribution in [2.45, 2.75) is 13.5 Å². The van der Waals surface area contributed by atoms with Crippen molar-refractivity contribution in [1.82, 2.24) is 0 Å². The molecule has 26 heavy (non-hydrogen) atoms.